The van der Waals surface area contributed by atoms with Gasteiger partial charge in [-0.1, -0.05) is 253 Å². The fraction of sp³-hybridized carbons (Fsp3) is 0.943. The van der Waals surface area contributed by atoms with Crippen LogP contribution in [0.15, 0.2) is 0 Å². The molecule has 0 unspecified atom stereocenters. The summed E-state index contributed by atoms with van der Waals surface area (Å²) in [5.41, 5.74) is 0. The lowest BCUT2D eigenvalue weighted by Crippen LogP contribution is -2.30. The third-order valence-corrected chi connectivity index (χ3v) is 12.0. The highest BCUT2D eigenvalue weighted by molar-refractivity contribution is 5.71. The van der Waals surface area contributed by atoms with Crippen molar-refractivity contribution in [3.05, 3.63) is 0 Å². The van der Waals surface area contributed by atoms with Gasteiger partial charge in [-0.25, -0.2) is 0 Å². The van der Waals surface area contributed by atoms with Crippen molar-refractivity contribution in [3.8, 4) is 0 Å². The van der Waals surface area contributed by atoms with Crippen LogP contribution in [0.3, 0.4) is 0 Å². The van der Waals surface area contributed by atoms with Crippen LogP contribution in [0.5, 0.6) is 0 Å². The zero-order valence-corrected chi connectivity index (χ0v) is 40.4. The van der Waals surface area contributed by atoms with Crippen molar-refractivity contribution in [2.45, 2.75) is 298 Å². The average molecular weight is 835 g/mol. The highest BCUT2D eigenvalue weighted by Gasteiger charge is 2.19. The lowest BCUT2D eigenvalue weighted by molar-refractivity contribution is -0.167. The highest BCUT2D eigenvalue weighted by atomic mass is 16.6. The summed E-state index contributed by atoms with van der Waals surface area (Å²) in [5.74, 6) is 0.789. The first-order chi connectivity index (χ1) is 28.7. The van der Waals surface area contributed by atoms with Crippen LogP contribution in [0.4, 0.5) is 0 Å². The molecule has 6 heteroatoms. The smallest absolute Gasteiger partial charge is 0.306 e. The standard InChI is InChI=1S/C53H102O6/c1-6-7-8-9-10-11-12-15-19-22-28-33-38-43-51(54)57-46-50(59-53(56)45-40-35-30-25-24-27-32-37-42-49(4)5)47-58-52(55)44-39-34-29-23-20-17-14-13-16-18-21-26-31-36-41-48(2)3/h48-50H,6-47H2,1-5H3/t50-/m1/s1. The van der Waals surface area contributed by atoms with E-state index < -0.39 is 6.10 Å². The Morgan fingerprint density at radius 3 is 0.831 bits per heavy atom. The van der Waals surface area contributed by atoms with Crippen LogP contribution < -0.4 is 0 Å². The Labute approximate surface area is 368 Å². The molecule has 0 aromatic carbocycles. The molecule has 0 heterocycles. The van der Waals surface area contributed by atoms with Gasteiger partial charge in [0.1, 0.15) is 13.2 Å². The Bertz CT molecular complexity index is 900. The first kappa shape index (κ1) is 57.4. The molecule has 350 valence electrons. The van der Waals surface area contributed by atoms with E-state index in [1.54, 1.807) is 0 Å². The van der Waals surface area contributed by atoms with E-state index in [0.717, 1.165) is 69.6 Å². The Hall–Kier alpha value is -1.59. The van der Waals surface area contributed by atoms with Gasteiger partial charge in [-0.3, -0.25) is 14.4 Å². The van der Waals surface area contributed by atoms with Crippen LogP contribution in [0.2, 0.25) is 0 Å². The summed E-state index contributed by atoms with van der Waals surface area (Å²) >= 11 is 0. The van der Waals surface area contributed by atoms with Gasteiger partial charge in [0.25, 0.3) is 0 Å². The fourth-order valence-corrected chi connectivity index (χ4v) is 7.99. The topological polar surface area (TPSA) is 78.9 Å². The van der Waals surface area contributed by atoms with Crippen LogP contribution in [0.1, 0.15) is 291 Å². The normalized spacial score (nSPS) is 12.1. The Morgan fingerprint density at radius 1 is 0.322 bits per heavy atom. The quantitative estimate of drug-likeness (QED) is 0.0345. The molecule has 59 heavy (non-hydrogen) atoms. The zero-order valence-electron chi connectivity index (χ0n) is 40.4. The number of ether oxygens (including phenoxy) is 3. The third-order valence-electron chi connectivity index (χ3n) is 12.0. The van der Waals surface area contributed by atoms with E-state index in [1.165, 1.54) is 180 Å². The molecule has 6 nitrogen and oxygen atoms in total. The van der Waals surface area contributed by atoms with Crippen molar-refractivity contribution < 1.29 is 28.6 Å². The van der Waals surface area contributed by atoms with Gasteiger partial charge < -0.3 is 14.2 Å². The van der Waals surface area contributed by atoms with Crippen molar-refractivity contribution in [2.24, 2.45) is 11.8 Å². The SMILES string of the molecule is CCCCCCCCCCCCCCCC(=O)OC[C@H](COC(=O)CCCCCCCCCCCCCCCCC(C)C)OC(=O)CCCCCCCCCCC(C)C. The maximum absolute atomic E-state index is 12.8. The van der Waals surface area contributed by atoms with Crippen molar-refractivity contribution in [3.63, 3.8) is 0 Å². The van der Waals surface area contributed by atoms with E-state index in [-0.39, 0.29) is 31.1 Å². The van der Waals surface area contributed by atoms with Gasteiger partial charge >= 0.3 is 17.9 Å². The van der Waals surface area contributed by atoms with E-state index in [4.69, 9.17) is 14.2 Å². The summed E-state index contributed by atoms with van der Waals surface area (Å²) in [6.45, 7) is 11.4. The van der Waals surface area contributed by atoms with Crippen LogP contribution in [0.25, 0.3) is 0 Å². The molecule has 0 spiro atoms. The molecule has 0 aromatic heterocycles. The molecule has 0 saturated carbocycles. The minimum Gasteiger partial charge on any atom is -0.462 e. The number of carbonyl (C=O) groups is 3. The van der Waals surface area contributed by atoms with Crippen molar-refractivity contribution in [2.75, 3.05) is 13.2 Å². The molecule has 0 amide bonds. The van der Waals surface area contributed by atoms with Crippen molar-refractivity contribution >= 4 is 17.9 Å². The van der Waals surface area contributed by atoms with Gasteiger partial charge in [-0.05, 0) is 31.1 Å². The third kappa shape index (κ3) is 47.3. The fourth-order valence-electron chi connectivity index (χ4n) is 7.99. The minimum absolute atomic E-state index is 0.0639. The first-order valence-corrected chi connectivity index (χ1v) is 26.2. The Kier molecular flexibility index (Phi) is 44.7. The van der Waals surface area contributed by atoms with E-state index in [2.05, 4.69) is 34.6 Å². The maximum atomic E-state index is 12.8. The number of unbranched alkanes of at least 4 members (excludes halogenated alkanes) is 32. The van der Waals surface area contributed by atoms with Gasteiger partial charge in [0, 0.05) is 19.3 Å². The monoisotopic (exact) mass is 835 g/mol. The number of esters is 3. The Balaban J connectivity index is 4.27. The summed E-state index contributed by atoms with van der Waals surface area (Å²) < 4.78 is 16.8. The van der Waals surface area contributed by atoms with E-state index >= 15 is 0 Å². The zero-order chi connectivity index (χ0) is 43.3. The first-order valence-electron chi connectivity index (χ1n) is 26.2. The van der Waals surface area contributed by atoms with Crippen LogP contribution >= 0.6 is 0 Å². The van der Waals surface area contributed by atoms with E-state index in [0.29, 0.717) is 19.3 Å². The highest BCUT2D eigenvalue weighted by Crippen LogP contribution is 2.17. The maximum Gasteiger partial charge on any atom is 0.306 e. The predicted molar refractivity (Wildman–Crippen MR) is 252 cm³/mol. The van der Waals surface area contributed by atoms with Crippen LogP contribution in [-0.2, 0) is 28.6 Å². The minimum atomic E-state index is -0.761. The summed E-state index contributed by atoms with van der Waals surface area (Å²) in [6, 6.07) is 0. The second-order valence-corrected chi connectivity index (χ2v) is 19.1. The number of carbonyl (C=O) groups excluding carboxylic acids is 3. The molecule has 0 aromatic rings. The number of rotatable bonds is 47. The second kappa shape index (κ2) is 45.9. The average Bonchev–Trinajstić information content (AvgIpc) is 3.20. The van der Waals surface area contributed by atoms with E-state index in [1.807, 2.05) is 0 Å². The van der Waals surface area contributed by atoms with Crippen LogP contribution in [0, 0.1) is 11.8 Å². The molecular weight excluding hydrogens is 733 g/mol. The molecule has 0 aliphatic rings. The summed E-state index contributed by atoms with van der Waals surface area (Å²) in [5, 5.41) is 0. The molecule has 0 bridgehead atoms. The van der Waals surface area contributed by atoms with Crippen molar-refractivity contribution in [1.29, 1.82) is 0 Å². The number of hydrogen-bond acceptors (Lipinski definition) is 6. The lowest BCUT2D eigenvalue weighted by atomic mass is 10.0. The van der Waals surface area contributed by atoms with Crippen LogP contribution in [-0.4, -0.2) is 37.2 Å². The summed E-state index contributed by atoms with van der Waals surface area (Å²) in [6.07, 6.45) is 46.6. The lowest BCUT2D eigenvalue weighted by Gasteiger charge is -2.18. The van der Waals surface area contributed by atoms with Gasteiger partial charge in [0.2, 0.25) is 0 Å². The summed E-state index contributed by atoms with van der Waals surface area (Å²) in [7, 11) is 0. The molecular formula is C53H102O6. The molecule has 0 aliphatic heterocycles. The van der Waals surface area contributed by atoms with E-state index in [9.17, 15) is 14.4 Å². The molecule has 0 saturated heterocycles. The number of hydrogen-bond donors (Lipinski definition) is 0. The summed E-state index contributed by atoms with van der Waals surface area (Å²) in [4.78, 5) is 37.9. The predicted octanol–water partition coefficient (Wildman–Crippen LogP) is 16.9. The second-order valence-electron chi connectivity index (χ2n) is 19.1. The molecule has 1 atom stereocenters. The molecule has 0 aliphatic carbocycles. The largest absolute Gasteiger partial charge is 0.462 e. The van der Waals surface area contributed by atoms with Gasteiger partial charge in [-0.15, -0.1) is 0 Å². The molecule has 0 N–H and O–H groups in total. The van der Waals surface area contributed by atoms with Gasteiger partial charge in [0.15, 0.2) is 6.10 Å². The Morgan fingerprint density at radius 2 is 0.559 bits per heavy atom. The molecule has 0 radical (unpaired) electrons. The molecule has 0 rings (SSSR count). The van der Waals surface area contributed by atoms with Crippen molar-refractivity contribution in [1.82, 2.24) is 0 Å². The van der Waals surface area contributed by atoms with Gasteiger partial charge in [0.05, 0.1) is 0 Å². The molecule has 0 fully saturated rings. The van der Waals surface area contributed by atoms with Gasteiger partial charge in [-0.2, -0.15) is 0 Å².